The highest BCUT2D eigenvalue weighted by Crippen LogP contribution is 2.13. The number of nitrogens with zero attached hydrogens (tertiary/aromatic N) is 2. The zero-order valence-corrected chi connectivity index (χ0v) is 8.61. The second-order valence-electron chi connectivity index (χ2n) is 3.22. The van der Waals surface area contributed by atoms with Crippen LogP contribution in [0.2, 0.25) is 5.02 Å². The second kappa shape index (κ2) is 3.90. The quantitative estimate of drug-likeness (QED) is 0.868. The largest absolute Gasteiger partial charge is 0.481 e. The Balaban J connectivity index is 2.35. The fraction of sp³-hybridized carbons (Fsp3) is 0.200. The summed E-state index contributed by atoms with van der Waals surface area (Å²) in [6.45, 7) is 0. The van der Waals surface area contributed by atoms with Crippen LogP contribution >= 0.6 is 11.6 Å². The molecule has 15 heavy (non-hydrogen) atoms. The van der Waals surface area contributed by atoms with E-state index in [2.05, 4.69) is 4.98 Å². The average molecular weight is 225 g/mol. The number of aryl methyl sites for hydroxylation is 1. The van der Waals surface area contributed by atoms with Crippen LogP contribution in [-0.4, -0.2) is 20.5 Å². The molecule has 0 atom stereocenters. The van der Waals surface area contributed by atoms with E-state index in [0.29, 0.717) is 11.4 Å². The summed E-state index contributed by atoms with van der Waals surface area (Å²) in [6, 6.07) is 3.55. The van der Waals surface area contributed by atoms with Crippen LogP contribution in [0.1, 0.15) is 12.1 Å². The summed E-state index contributed by atoms with van der Waals surface area (Å²) in [4.78, 5) is 14.6. The van der Waals surface area contributed by atoms with Gasteiger partial charge in [0.1, 0.15) is 5.65 Å². The molecule has 0 spiro atoms. The van der Waals surface area contributed by atoms with Crippen LogP contribution in [-0.2, 0) is 11.2 Å². The number of carboxylic acid groups (broad SMARTS) is 1. The van der Waals surface area contributed by atoms with E-state index >= 15 is 0 Å². The van der Waals surface area contributed by atoms with Crippen molar-refractivity contribution in [1.29, 1.82) is 0 Å². The molecule has 0 aliphatic rings. The van der Waals surface area contributed by atoms with E-state index in [9.17, 15) is 4.79 Å². The number of aromatic nitrogens is 2. The molecular weight excluding hydrogens is 216 g/mol. The number of fused-ring (bicyclic) bond motifs is 1. The molecule has 0 radical (unpaired) electrons. The molecule has 2 aromatic rings. The number of carboxylic acids is 1. The Kier molecular flexibility index (Phi) is 2.60. The van der Waals surface area contributed by atoms with Gasteiger partial charge in [0.25, 0.3) is 0 Å². The third kappa shape index (κ3) is 2.10. The lowest BCUT2D eigenvalue weighted by molar-refractivity contribution is -0.136. The van der Waals surface area contributed by atoms with Crippen LogP contribution in [0.25, 0.3) is 5.65 Å². The van der Waals surface area contributed by atoms with E-state index in [-0.39, 0.29) is 6.42 Å². The molecule has 0 saturated carbocycles. The van der Waals surface area contributed by atoms with Crippen molar-refractivity contribution in [3.63, 3.8) is 0 Å². The van der Waals surface area contributed by atoms with Crippen LogP contribution < -0.4 is 0 Å². The zero-order chi connectivity index (χ0) is 10.8. The molecule has 0 fully saturated rings. The molecule has 0 aromatic carbocycles. The summed E-state index contributed by atoms with van der Waals surface area (Å²) in [6.07, 6.45) is 3.97. The van der Waals surface area contributed by atoms with Gasteiger partial charge in [-0.3, -0.25) is 4.79 Å². The summed E-state index contributed by atoms with van der Waals surface area (Å²) < 4.78 is 1.81. The van der Waals surface area contributed by atoms with Gasteiger partial charge in [-0.1, -0.05) is 11.6 Å². The van der Waals surface area contributed by atoms with Crippen molar-refractivity contribution < 1.29 is 9.90 Å². The van der Waals surface area contributed by atoms with Gasteiger partial charge in [0.2, 0.25) is 0 Å². The number of halogens is 1. The molecule has 0 unspecified atom stereocenters. The smallest absolute Gasteiger partial charge is 0.303 e. The minimum Gasteiger partial charge on any atom is -0.481 e. The summed E-state index contributed by atoms with van der Waals surface area (Å²) in [7, 11) is 0. The van der Waals surface area contributed by atoms with Gasteiger partial charge in [-0.05, 0) is 12.1 Å². The predicted molar refractivity (Wildman–Crippen MR) is 56.2 cm³/mol. The van der Waals surface area contributed by atoms with Crippen molar-refractivity contribution in [1.82, 2.24) is 9.38 Å². The minimum absolute atomic E-state index is 0.0975. The maximum atomic E-state index is 10.4. The molecule has 4 nitrogen and oxygen atoms in total. The molecule has 0 amide bonds. The van der Waals surface area contributed by atoms with Gasteiger partial charge in [0.05, 0.1) is 11.4 Å². The lowest BCUT2D eigenvalue weighted by atomic mass is 10.2. The van der Waals surface area contributed by atoms with E-state index in [1.165, 1.54) is 0 Å². The maximum Gasteiger partial charge on any atom is 0.303 e. The molecular formula is C10H9ClN2O2. The molecule has 0 bridgehead atoms. The SMILES string of the molecule is O=C(O)CCc1cnc2ccc(Cl)cn12. The van der Waals surface area contributed by atoms with Crippen LogP contribution in [0.5, 0.6) is 0 Å². The fourth-order valence-electron chi connectivity index (χ4n) is 1.43. The van der Waals surface area contributed by atoms with Crippen molar-refractivity contribution in [3.8, 4) is 0 Å². The number of carbonyl (C=O) groups is 1. The maximum absolute atomic E-state index is 10.4. The van der Waals surface area contributed by atoms with Gasteiger partial charge in [0.15, 0.2) is 0 Å². The molecule has 0 aliphatic carbocycles. The lowest BCUT2D eigenvalue weighted by Crippen LogP contribution is -1.99. The van der Waals surface area contributed by atoms with Crippen molar-refractivity contribution >= 4 is 23.2 Å². The summed E-state index contributed by atoms with van der Waals surface area (Å²) in [5.41, 5.74) is 1.63. The zero-order valence-electron chi connectivity index (χ0n) is 7.85. The van der Waals surface area contributed by atoms with Crippen LogP contribution in [0.4, 0.5) is 0 Å². The normalized spacial score (nSPS) is 10.7. The molecule has 2 rings (SSSR count). The summed E-state index contributed by atoms with van der Waals surface area (Å²) in [5, 5.41) is 9.19. The van der Waals surface area contributed by atoms with Crippen LogP contribution in [0.3, 0.4) is 0 Å². The van der Waals surface area contributed by atoms with Gasteiger partial charge >= 0.3 is 5.97 Å². The Hall–Kier alpha value is -1.55. The standard InChI is InChI=1S/C10H9ClN2O2/c11-7-1-3-9-12-5-8(13(9)6-7)2-4-10(14)15/h1,3,5-6H,2,4H2,(H,14,15). The first-order chi connectivity index (χ1) is 7.16. The molecule has 0 saturated heterocycles. The Morgan fingerprint density at radius 2 is 2.33 bits per heavy atom. The number of hydrogen-bond acceptors (Lipinski definition) is 2. The first kappa shape index (κ1) is 9.98. The topological polar surface area (TPSA) is 54.6 Å². The first-order valence-corrected chi connectivity index (χ1v) is 4.88. The number of hydrogen-bond donors (Lipinski definition) is 1. The average Bonchev–Trinajstić information content (AvgIpc) is 2.57. The van der Waals surface area contributed by atoms with Gasteiger partial charge in [0, 0.05) is 24.5 Å². The van der Waals surface area contributed by atoms with Crippen molar-refractivity contribution in [2.45, 2.75) is 12.8 Å². The van der Waals surface area contributed by atoms with Gasteiger partial charge in [-0.2, -0.15) is 0 Å². The Bertz CT molecular complexity index is 507. The first-order valence-electron chi connectivity index (χ1n) is 4.50. The second-order valence-corrected chi connectivity index (χ2v) is 3.66. The molecule has 1 N–H and O–H groups in total. The van der Waals surface area contributed by atoms with Gasteiger partial charge < -0.3 is 9.51 Å². The molecule has 0 aliphatic heterocycles. The van der Waals surface area contributed by atoms with Gasteiger partial charge in [-0.15, -0.1) is 0 Å². The van der Waals surface area contributed by atoms with Crippen LogP contribution in [0, 0.1) is 0 Å². The Morgan fingerprint density at radius 3 is 3.07 bits per heavy atom. The Labute approximate surface area is 91.1 Å². The Morgan fingerprint density at radius 1 is 1.53 bits per heavy atom. The third-order valence-electron chi connectivity index (χ3n) is 2.14. The fourth-order valence-corrected chi connectivity index (χ4v) is 1.59. The number of aliphatic carboxylic acids is 1. The number of imidazole rings is 1. The van der Waals surface area contributed by atoms with Crippen molar-refractivity contribution in [2.75, 3.05) is 0 Å². The number of rotatable bonds is 3. The van der Waals surface area contributed by atoms with Gasteiger partial charge in [-0.25, -0.2) is 4.98 Å². The van der Waals surface area contributed by atoms with E-state index in [1.54, 1.807) is 24.5 Å². The van der Waals surface area contributed by atoms with Crippen LogP contribution in [0.15, 0.2) is 24.5 Å². The summed E-state index contributed by atoms with van der Waals surface area (Å²) in [5.74, 6) is -0.813. The molecule has 5 heteroatoms. The van der Waals surface area contributed by atoms with E-state index in [4.69, 9.17) is 16.7 Å². The number of pyridine rings is 1. The highest BCUT2D eigenvalue weighted by atomic mass is 35.5. The molecule has 2 aromatic heterocycles. The highest BCUT2D eigenvalue weighted by Gasteiger charge is 2.05. The molecule has 78 valence electrons. The lowest BCUT2D eigenvalue weighted by Gasteiger charge is -1.99. The minimum atomic E-state index is -0.813. The highest BCUT2D eigenvalue weighted by molar-refractivity contribution is 6.30. The van der Waals surface area contributed by atoms with Crippen molar-refractivity contribution in [3.05, 3.63) is 35.2 Å². The third-order valence-corrected chi connectivity index (χ3v) is 2.36. The van der Waals surface area contributed by atoms with Crippen molar-refractivity contribution in [2.24, 2.45) is 0 Å². The summed E-state index contributed by atoms with van der Waals surface area (Å²) >= 11 is 5.85. The van der Waals surface area contributed by atoms with E-state index in [0.717, 1.165) is 11.3 Å². The molecule has 2 heterocycles. The van der Waals surface area contributed by atoms with E-state index in [1.807, 2.05) is 4.40 Å². The monoisotopic (exact) mass is 224 g/mol. The predicted octanol–water partition coefficient (Wildman–Crippen LogP) is 2.00. The van der Waals surface area contributed by atoms with E-state index < -0.39 is 5.97 Å².